The van der Waals surface area contributed by atoms with Gasteiger partial charge in [0.2, 0.25) is 0 Å². The number of hydrogen-bond donors (Lipinski definition) is 3. The minimum absolute atomic E-state index is 0.0533. The molecule has 4 rings (SSSR count). The van der Waals surface area contributed by atoms with Gasteiger partial charge in [0.15, 0.2) is 0 Å². The number of fused-ring (bicyclic) bond motifs is 5. The summed E-state index contributed by atoms with van der Waals surface area (Å²) < 4.78 is 0. The van der Waals surface area contributed by atoms with E-state index in [2.05, 4.69) is 20.8 Å². The van der Waals surface area contributed by atoms with Gasteiger partial charge < -0.3 is 15.3 Å². The molecular formula is C24H40O4. The SMILES string of the molecule is CCCC(C(=O)O)[C@H]1CC[C@H]2[C@@H]3[C@H](O)C[C@@H]4C[C@H](O)CC[C@]4(C)[C@H]3CC[C@@]12C. The number of aliphatic hydroxyl groups excluding tert-OH is 2. The van der Waals surface area contributed by atoms with Crippen LogP contribution in [-0.4, -0.2) is 33.5 Å². The third-order valence-electron chi connectivity index (χ3n) is 10.1. The van der Waals surface area contributed by atoms with Crippen LogP contribution in [0.25, 0.3) is 0 Å². The maximum atomic E-state index is 12.0. The Balaban J connectivity index is 1.62. The lowest BCUT2D eigenvalue weighted by atomic mass is 9.43. The van der Waals surface area contributed by atoms with Gasteiger partial charge in [0.1, 0.15) is 0 Å². The summed E-state index contributed by atoms with van der Waals surface area (Å²) in [6, 6.07) is 0. The van der Waals surface area contributed by atoms with Gasteiger partial charge in [-0.15, -0.1) is 0 Å². The molecule has 0 aliphatic heterocycles. The molecule has 0 heterocycles. The average Bonchev–Trinajstić information content (AvgIpc) is 2.98. The van der Waals surface area contributed by atoms with Gasteiger partial charge in [-0.3, -0.25) is 4.79 Å². The quantitative estimate of drug-likeness (QED) is 0.659. The summed E-state index contributed by atoms with van der Waals surface area (Å²) in [5.41, 5.74) is 0.288. The zero-order chi connectivity index (χ0) is 20.3. The molecule has 0 spiro atoms. The third kappa shape index (κ3) is 2.96. The van der Waals surface area contributed by atoms with Gasteiger partial charge in [-0.1, -0.05) is 27.2 Å². The van der Waals surface area contributed by atoms with E-state index in [0.29, 0.717) is 23.7 Å². The molecule has 4 saturated carbocycles. The van der Waals surface area contributed by atoms with E-state index in [1.165, 1.54) is 0 Å². The van der Waals surface area contributed by atoms with E-state index in [1.807, 2.05) is 0 Å². The smallest absolute Gasteiger partial charge is 0.306 e. The first-order valence-electron chi connectivity index (χ1n) is 11.8. The Morgan fingerprint density at radius 2 is 1.68 bits per heavy atom. The summed E-state index contributed by atoms with van der Waals surface area (Å²) in [7, 11) is 0. The van der Waals surface area contributed by atoms with E-state index < -0.39 is 5.97 Å². The molecule has 0 aromatic rings. The van der Waals surface area contributed by atoms with Crippen molar-refractivity contribution in [1.82, 2.24) is 0 Å². The van der Waals surface area contributed by atoms with Crippen LogP contribution < -0.4 is 0 Å². The van der Waals surface area contributed by atoms with Crippen LogP contribution in [-0.2, 0) is 4.79 Å². The van der Waals surface area contributed by atoms with Crippen molar-refractivity contribution in [1.29, 1.82) is 0 Å². The number of rotatable bonds is 4. The van der Waals surface area contributed by atoms with Gasteiger partial charge >= 0.3 is 5.97 Å². The molecule has 3 N–H and O–H groups in total. The molecular weight excluding hydrogens is 352 g/mol. The molecule has 0 radical (unpaired) electrons. The van der Waals surface area contributed by atoms with Crippen LogP contribution >= 0.6 is 0 Å². The molecule has 4 aliphatic carbocycles. The number of carboxylic acid groups (broad SMARTS) is 1. The van der Waals surface area contributed by atoms with Crippen LogP contribution in [0.4, 0.5) is 0 Å². The maximum Gasteiger partial charge on any atom is 0.306 e. The van der Waals surface area contributed by atoms with Crippen LogP contribution in [0, 0.1) is 46.3 Å². The fourth-order valence-electron chi connectivity index (χ4n) is 8.71. The highest BCUT2D eigenvalue weighted by Gasteiger charge is 2.63. The van der Waals surface area contributed by atoms with E-state index in [9.17, 15) is 20.1 Å². The molecule has 10 atom stereocenters. The first kappa shape index (κ1) is 20.7. The summed E-state index contributed by atoms with van der Waals surface area (Å²) in [4.78, 5) is 12.0. The van der Waals surface area contributed by atoms with Crippen LogP contribution in [0.2, 0.25) is 0 Å². The minimum atomic E-state index is -0.617. The molecule has 0 saturated heterocycles. The van der Waals surface area contributed by atoms with Crippen LogP contribution in [0.5, 0.6) is 0 Å². The molecule has 0 bridgehead atoms. The zero-order valence-corrected chi connectivity index (χ0v) is 17.9. The average molecular weight is 393 g/mol. The molecule has 0 aromatic heterocycles. The summed E-state index contributed by atoms with van der Waals surface area (Å²) >= 11 is 0. The molecule has 4 nitrogen and oxygen atoms in total. The van der Waals surface area contributed by atoms with Crippen molar-refractivity contribution in [2.24, 2.45) is 46.3 Å². The maximum absolute atomic E-state index is 12.0. The van der Waals surface area contributed by atoms with Gasteiger partial charge in [0, 0.05) is 0 Å². The van der Waals surface area contributed by atoms with Crippen molar-refractivity contribution < 1.29 is 20.1 Å². The monoisotopic (exact) mass is 392 g/mol. The van der Waals surface area contributed by atoms with Gasteiger partial charge in [-0.25, -0.2) is 0 Å². The Hall–Kier alpha value is -0.610. The van der Waals surface area contributed by atoms with Crippen molar-refractivity contribution in [3.8, 4) is 0 Å². The second-order valence-corrected chi connectivity index (χ2v) is 11.2. The van der Waals surface area contributed by atoms with E-state index >= 15 is 0 Å². The lowest BCUT2D eigenvalue weighted by Crippen LogP contribution is -2.58. The lowest BCUT2D eigenvalue weighted by molar-refractivity contribution is -0.176. The van der Waals surface area contributed by atoms with Crippen molar-refractivity contribution in [3.63, 3.8) is 0 Å². The number of carboxylic acids is 1. The number of aliphatic carboxylic acids is 1. The van der Waals surface area contributed by atoms with Crippen molar-refractivity contribution >= 4 is 5.97 Å². The minimum Gasteiger partial charge on any atom is -0.481 e. The summed E-state index contributed by atoms with van der Waals surface area (Å²) in [5, 5.41) is 31.3. The number of aliphatic hydroxyl groups is 2. The summed E-state index contributed by atoms with van der Waals surface area (Å²) in [5.74, 6) is 1.13. The van der Waals surface area contributed by atoms with Gasteiger partial charge in [0.05, 0.1) is 18.1 Å². The van der Waals surface area contributed by atoms with E-state index in [4.69, 9.17) is 0 Å². The second-order valence-electron chi connectivity index (χ2n) is 11.2. The second kappa shape index (κ2) is 7.27. The molecule has 4 aliphatic rings. The van der Waals surface area contributed by atoms with Gasteiger partial charge in [-0.2, -0.15) is 0 Å². The van der Waals surface area contributed by atoms with Crippen LogP contribution in [0.3, 0.4) is 0 Å². The number of carbonyl (C=O) groups is 1. The summed E-state index contributed by atoms with van der Waals surface area (Å²) in [6.45, 7) is 6.87. The molecule has 160 valence electrons. The van der Waals surface area contributed by atoms with E-state index in [1.54, 1.807) is 0 Å². The van der Waals surface area contributed by atoms with Crippen LogP contribution in [0.15, 0.2) is 0 Å². The third-order valence-corrected chi connectivity index (χ3v) is 10.1. The Morgan fingerprint density at radius 1 is 1.00 bits per heavy atom. The Kier molecular flexibility index (Phi) is 5.36. The highest BCUT2D eigenvalue weighted by atomic mass is 16.4. The Labute approximate surface area is 170 Å². The van der Waals surface area contributed by atoms with Crippen LogP contribution in [0.1, 0.15) is 85.0 Å². The molecule has 4 heteroatoms. The highest BCUT2D eigenvalue weighted by molar-refractivity contribution is 5.70. The van der Waals surface area contributed by atoms with E-state index in [0.717, 1.165) is 64.2 Å². The predicted molar refractivity (Wildman–Crippen MR) is 109 cm³/mol. The van der Waals surface area contributed by atoms with Crippen molar-refractivity contribution in [3.05, 3.63) is 0 Å². The first-order valence-corrected chi connectivity index (χ1v) is 11.8. The fourth-order valence-corrected chi connectivity index (χ4v) is 8.71. The summed E-state index contributed by atoms with van der Waals surface area (Å²) in [6.07, 6.45) is 9.17. The topological polar surface area (TPSA) is 77.8 Å². The predicted octanol–water partition coefficient (Wildman–Crippen LogP) is 4.48. The first-order chi connectivity index (χ1) is 13.2. The molecule has 0 amide bonds. The lowest BCUT2D eigenvalue weighted by Gasteiger charge is -2.62. The van der Waals surface area contributed by atoms with Gasteiger partial charge in [-0.05, 0) is 98.2 Å². The fraction of sp³-hybridized carbons (Fsp3) is 0.958. The molecule has 1 unspecified atom stereocenters. The zero-order valence-electron chi connectivity index (χ0n) is 17.9. The van der Waals surface area contributed by atoms with E-state index in [-0.39, 0.29) is 34.9 Å². The highest BCUT2D eigenvalue weighted by Crippen LogP contribution is 2.68. The molecule has 4 fully saturated rings. The molecule has 28 heavy (non-hydrogen) atoms. The Bertz CT molecular complexity index is 605. The van der Waals surface area contributed by atoms with Gasteiger partial charge in [0.25, 0.3) is 0 Å². The normalized spacial score (nSPS) is 51.7. The standard InChI is InChI=1S/C24H40O4/c1-4-5-16(22(27)28)17-6-7-18-21-19(9-11-24(17,18)3)23(2)10-8-15(25)12-14(23)13-20(21)26/h14-21,25-26H,4-13H2,1-3H3,(H,27,28)/t14-,15+,16?,17+,18-,19-,20+,21-,23-,24-/m0/s1. The largest absolute Gasteiger partial charge is 0.481 e. The van der Waals surface area contributed by atoms with Crippen molar-refractivity contribution in [2.45, 2.75) is 97.2 Å². The van der Waals surface area contributed by atoms with Crippen molar-refractivity contribution in [2.75, 3.05) is 0 Å². The molecule has 0 aromatic carbocycles. The Morgan fingerprint density at radius 3 is 2.36 bits per heavy atom. The number of hydrogen-bond acceptors (Lipinski definition) is 3.